The Labute approximate surface area is 135 Å². The minimum absolute atomic E-state index is 0.165. The highest BCUT2D eigenvalue weighted by molar-refractivity contribution is 7.14. The van der Waals surface area contributed by atoms with Crippen molar-refractivity contribution in [1.29, 1.82) is 0 Å². The molecule has 0 aliphatic carbocycles. The van der Waals surface area contributed by atoms with E-state index in [-0.39, 0.29) is 12.1 Å². The van der Waals surface area contributed by atoms with Gasteiger partial charge in [-0.25, -0.2) is 4.98 Å². The van der Waals surface area contributed by atoms with Gasteiger partial charge < -0.3 is 10.4 Å². The summed E-state index contributed by atoms with van der Waals surface area (Å²) in [5.74, 6) is 0. The minimum atomic E-state index is -0.165. The molecule has 5 heteroatoms. The van der Waals surface area contributed by atoms with E-state index >= 15 is 0 Å². The van der Waals surface area contributed by atoms with E-state index in [0.29, 0.717) is 0 Å². The van der Waals surface area contributed by atoms with Crippen molar-refractivity contribution in [3.8, 4) is 10.6 Å². The van der Waals surface area contributed by atoms with Gasteiger partial charge in [-0.2, -0.15) is 0 Å². The molecule has 1 aromatic heterocycles. The number of benzene rings is 1. The molecule has 2 atom stereocenters. The summed E-state index contributed by atoms with van der Waals surface area (Å²) in [6.45, 7) is 4.77. The third-order valence-electron chi connectivity index (χ3n) is 4.19. The van der Waals surface area contributed by atoms with E-state index in [0.717, 1.165) is 31.1 Å². The molecule has 1 saturated heterocycles. The van der Waals surface area contributed by atoms with Crippen LogP contribution >= 0.6 is 11.3 Å². The number of aromatic nitrogens is 1. The normalized spacial score (nSPS) is 20.4. The number of β-amino-alcohol motifs (C(OH)–C–C–N with tert-alkyl or cyclic N) is 1. The number of aliphatic hydroxyl groups excluding tert-OH is 1. The van der Waals surface area contributed by atoms with Crippen molar-refractivity contribution in [3.05, 3.63) is 40.9 Å². The van der Waals surface area contributed by atoms with Gasteiger partial charge in [0.05, 0.1) is 6.10 Å². The van der Waals surface area contributed by atoms with Crippen LogP contribution in [-0.4, -0.2) is 47.8 Å². The van der Waals surface area contributed by atoms with Gasteiger partial charge in [0, 0.05) is 42.3 Å². The van der Waals surface area contributed by atoms with Gasteiger partial charge in [-0.15, -0.1) is 11.3 Å². The molecule has 1 aliphatic heterocycles. The van der Waals surface area contributed by atoms with Crippen LogP contribution in [0.1, 0.15) is 22.9 Å². The monoisotopic (exact) mass is 317 g/mol. The fourth-order valence-electron chi connectivity index (χ4n) is 2.98. The summed E-state index contributed by atoms with van der Waals surface area (Å²) >= 11 is 1.73. The van der Waals surface area contributed by atoms with Gasteiger partial charge in [-0.3, -0.25) is 4.90 Å². The van der Waals surface area contributed by atoms with Crippen molar-refractivity contribution in [1.82, 2.24) is 15.2 Å². The molecule has 3 rings (SSSR count). The molecule has 2 aromatic rings. The lowest BCUT2D eigenvalue weighted by molar-refractivity contribution is 0.173. The molecule has 2 N–H and O–H groups in total. The van der Waals surface area contributed by atoms with Crippen molar-refractivity contribution >= 4 is 11.3 Å². The quantitative estimate of drug-likeness (QED) is 0.889. The number of hydrogen-bond donors (Lipinski definition) is 2. The molecule has 1 aromatic carbocycles. The second-order valence-electron chi connectivity index (χ2n) is 5.94. The van der Waals surface area contributed by atoms with E-state index < -0.39 is 0 Å². The molecule has 2 heterocycles. The van der Waals surface area contributed by atoms with Crippen molar-refractivity contribution in [3.63, 3.8) is 0 Å². The molecule has 0 unspecified atom stereocenters. The smallest absolute Gasteiger partial charge is 0.123 e. The summed E-state index contributed by atoms with van der Waals surface area (Å²) in [4.78, 5) is 8.04. The standard InChI is InChI=1S/C17H23N3OS/c1-12-9-19-17(22-12)14-5-3-4-13(8-14)16(18-2)11-20-7-6-15(21)10-20/h3-5,8-9,15-16,18,21H,6-7,10-11H2,1-2H3/t15-,16+/m0/s1. The number of nitrogens with zero attached hydrogens (tertiary/aromatic N) is 2. The Kier molecular flexibility index (Phi) is 4.88. The maximum absolute atomic E-state index is 9.68. The van der Waals surface area contributed by atoms with Crippen LogP contribution in [0.15, 0.2) is 30.5 Å². The molecular weight excluding hydrogens is 294 g/mol. The zero-order valence-corrected chi connectivity index (χ0v) is 13.9. The predicted octanol–water partition coefficient (Wildman–Crippen LogP) is 2.45. The van der Waals surface area contributed by atoms with Crippen molar-refractivity contribution < 1.29 is 5.11 Å². The van der Waals surface area contributed by atoms with Crippen LogP contribution in [0, 0.1) is 6.92 Å². The van der Waals surface area contributed by atoms with Crippen molar-refractivity contribution in [2.75, 3.05) is 26.7 Å². The fourth-order valence-corrected chi connectivity index (χ4v) is 3.74. The van der Waals surface area contributed by atoms with E-state index in [1.807, 2.05) is 13.2 Å². The predicted molar refractivity (Wildman–Crippen MR) is 91.2 cm³/mol. The minimum Gasteiger partial charge on any atom is -0.392 e. The number of nitrogens with one attached hydrogen (secondary N) is 1. The largest absolute Gasteiger partial charge is 0.392 e. The zero-order valence-electron chi connectivity index (χ0n) is 13.1. The van der Waals surface area contributed by atoms with E-state index in [2.05, 4.69) is 46.4 Å². The number of thiazole rings is 1. The molecule has 0 spiro atoms. The molecule has 1 fully saturated rings. The summed E-state index contributed by atoms with van der Waals surface area (Å²) in [5.41, 5.74) is 2.45. The van der Waals surface area contributed by atoms with Gasteiger partial charge in [0.25, 0.3) is 0 Å². The summed E-state index contributed by atoms with van der Waals surface area (Å²) < 4.78 is 0. The van der Waals surface area contributed by atoms with E-state index in [1.165, 1.54) is 16.0 Å². The third-order valence-corrected chi connectivity index (χ3v) is 5.16. The molecule has 0 amide bonds. The van der Waals surface area contributed by atoms with Gasteiger partial charge in [0.1, 0.15) is 5.01 Å². The molecule has 0 radical (unpaired) electrons. The summed E-state index contributed by atoms with van der Waals surface area (Å²) in [7, 11) is 2.00. The second-order valence-corrected chi connectivity index (χ2v) is 7.18. The number of rotatable bonds is 5. The van der Waals surface area contributed by atoms with Crippen molar-refractivity contribution in [2.24, 2.45) is 0 Å². The molecule has 0 bridgehead atoms. The molecule has 22 heavy (non-hydrogen) atoms. The molecule has 4 nitrogen and oxygen atoms in total. The first kappa shape index (κ1) is 15.6. The molecule has 0 saturated carbocycles. The second kappa shape index (κ2) is 6.87. The zero-order chi connectivity index (χ0) is 15.5. The summed E-state index contributed by atoms with van der Waals surface area (Å²) in [5, 5.41) is 14.2. The van der Waals surface area contributed by atoms with E-state index in [4.69, 9.17) is 0 Å². The molecule has 118 valence electrons. The maximum atomic E-state index is 9.68. The van der Waals surface area contributed by atoms with E-state index in [9.17, 15) is 5.11 Å². The highest BCUT2D eigenvalue weighted by Gasteiger charge is 2.23. The van der Waals surface area contributed by atoms with Crippen LogP contribution in [0.2, 0.25) is 0 Å². The highest BCUT2D eigenvalue weighted by Crippen LogP contribution is 2.27. The Balaban J connectivity index is 1.77. The Hall–Kier alpha value is -1.27. The topological polar surface area (TPSA) is 48.4 Å². The lowest BCUT2D eigenvalue weighted by atomic mass is 10.0. The first-order valence-corrected chi connectivity index (χ1v) is 8.58. The van der Waals surface area contributed by atoms with Gasteiger partial charge >= 0.3 is 0 Å². The van der Waals surface area contributed by atoms with Crippen LogP contribution in [0.25, 0.3) is 10.6 Å². The first-order valence-electron chi connectivity index (χ1n) is 7.76. The van der Waals surface area contributed by atoms with Crippen LogP contribution in [0.3, 0.4) is 0 Å². The Bertz CT molecular complexity index is 628. The fraction of sp³-hybridized carbons (Fsp3) is 0.471. The molecule has 1 aliphatic rings. The van der Waals surface area contributed by atoms with Gasteiger partial charge in [-0.1, -0.05) is 18.2 Å². The van der Waals surface area contributed by atoms with Gasteiger partial charge in [-0.05, 0) is 32.0 Å². The number of aliphatic hydroxyl groups is 1. The maximum Gasteiger partial charge on any atom is 0.123 e. The number of hydrogen-bond acceptors (Lipinski definition) is 5. The van der Waals surface area contributed by atoms with Crippen LogP contribution in [0.4, 0.5) is 0 Å². The van der Waals surface area contributed by atoms with Crippen LogP contribution in [0.5, 0.6) is 0 Å². The van der Waals surface area contributed by atoms with Crippen LogP contribution < -0.4 is 5.32 Å². The van der Waals surface area contributed by atoms with E-state index in [1.54, 1.807) is 11.3 Å². The number of likely N-dealkylation sites (tertiary alicyclic amines) is 1. The average Bonchev–Trinajstić information content (AvgIpc) is 3.13. The number of likely N-dealkylation sites (N-methyl/N-ethyl adjacent to an activating group) is 1. The highest BCUT2D eigenvalue weighted by atomic mass is 32.1. The van der Waals surface area contributed by atoms with Crippen molar-refractivity contribution in [2.45, 2.75) is 25.5 Å². The van der Waals surface area contributed by atoms with Crippen LogP contribution in [-0.2, 0) is 0 Å². The van der Waals surface area contributed by atoms with Gasteiger partial charge in [0.2, 0.25) is 0 Å². The lowest BCUT2D eigenvalue weighted by Gasteiger charge is -2.23. The Morgan fingerprint density at radius 1 is 1.50 bits per heavy atom. The number of aryl methyl sites for hydroxylation is 1. The lowest BCUT2D eigenvalue weighted by Crippen LogP contribution is -2.33. The summed E-state index contributed by atoms with van der Waals surface area (Å²) in [6, 6.07) is 8.88. The molecular formula is C17H23N3OS. The Morgan fingerprint density at radius 3 is 3.00 bits per heavy atom. The van der Waals surface area contributed by atoms with Gasteiger partial charge in [0.15, 0.2) is 0 Å². The first-order chi connectivity index (χ1) is 10.7. The summed E-state index contributed by atoms with van der Waals surface area (Å²) in [6.07, 6.45) is 2.64. The Morgan fingerprint density at radius 2 is 2.36 bits per heavy atom. The SMILES string of the molecule is CN[C@H](CN1CC[C@H](O)C1)c1cccc(-c2ncc(C)s2)c1. The third kappa shape index (κ3) is 3.55. The average molecular weight is 317 g/mol.